The van der Waals surface area contributed by atoms with Gasteiger partial charge in [0.1, 0.15) is 7.85 Å². The van der Waals surface area contributed by atoms with Gasteiger partial charge in [0.15, 0.2) is 17.5 Å². The molecule has 6 aromatic rings. The minimum Gasteiger partial charge on any atom is -0.208 e. The molecule has 0 aliphatic carbocycles. The second-order valence-corrected chi connectivity index (χ2v) is 8.81. The average Bonchev–Trinajstić information content (AvgIpc) is 2.98. The van der Waals surface area contributed by atoms with Crippen LogP contribution in [0.1, 0.15) is 0 Å². The van der Waals surface area contributed by atoms with Crippen LogP contribution in [0.4, 0.5) is 0 Å². The third kappa shape index (κ3) is 4.96. The van der Waals surface area contributed by atoms with E-state index in [0.717, 1.165) is 27.8 Å². The van der Waals surface area contributed by atoms with Crippen molar-refractivity contribution in [2.24, 2.45) is 0 Å². The maximum absolute atomic E-state index is 5.92. The lowest BCUT2D eigenvalue weighted by Gasteiger charge is -2.10. The molecular weight excluding hydrogens is 449 g/mol. The van der Waals surface area contributed by atoms with Gasteiger partial charge in [-0.05, 0) is 22.3 Å². The summed E-state index contributed by atoms with van der Waals surface area (Å²) in [5.41, 5.74) is 8.09. The number of benzene rings is 5. The van der Waals surface area contributed by atoms with Crippen LogP contribution in [0.2, 0.25) is 0 Å². The van der Waals surface area contributed by atoms with Crippen LogP contribution in [0, 0.1) is 0 Å². The maximum Gasteiger partial charge on any atom is 0.164 e. The van der Waals surface area contributed by atoms with Crippen LogP contribution in [0.5, 0.6) is 0 Å². The summed E-state index contributed by atoms with van der Waals surface area (Å²) in [6, 6.07) is 44.9. The van der Waals surface area contributed by atoms with Gasteiger partial charge in [-0.25, -0.2) is 15.0 Å². The Kier molecular flexibility index (Phi) is 6.14. The van der Waals surface area contributed by atoms with E-state index < -0.39 is 0 Å². The van der Waals surface area contributed by atoms with Crippen LogP contribution in [-0.4, -0.2) is 22.8 Å². The van der Waals surface area contributed by atoms with E-state index in [1.807, 2.05) is 60.7 Å². The molecule has 0 atom stereocenters. The highest BCUT2D eigenvalue weighted by molar-refractivity contribution is 6.32. The first-order chi connectivity index (χ1) is 18.2. The lowest BCUT2D eigenvalue weighted by atomic mass is 9.95. The van der Waals surface area contributed by atoms with E-state index in [1.54, 1.807) is 0 Å². The van der Waals surface area contributed by atoms with Gasteiger partial charge in [0, 0.05) is 16.7 Å². The predicted molar refractivity (Wildman–Crippen MR) is 152 cm³/mol. The molecule has 4 heteroatoms. The number of rotatable bonds is 5. The number of hydrogen-bond acceptors (Lipinski definition) is 3. The number of hydrogen-bond donors (Lipinski definition) is 0. The van der Waals surface area contributed by atoms with Crippen molar-refractivity contribution in [2.45, 2.75) is 0 Å². The molecule has 1 heterocycles. The van der Waals surface area contributed by atoms with E-state index in [9.17, 15) is 0 Å². The van der Waals surface area contributed by atoms with Crippen LogP contribution in [-0.2, 0) is 0 Å². The van der Waals surface area contributed by atoms with Crippen LogP contribution in [0.15, 0.2) is 133 Å². The smallest absolute Gasteiger partial charge is 0.164 e. The van der Waals surface area contributed by atoms with Crippen LogP contribution in [0.3, 0.4) is 0 Å². The second-order valence-electron chi connectivity index (χ2n) is 8.81. The van der Waals surface area contributed by atoms with Gasteiger partial charge < -0.3 is 0 Å². The lowest BCUT2D eigenvalue weighted by molar-refractivity contribution is 1.07. The van der Waals surface area contributed by atoms with Gasteiger partial charge in [0.05, 0.1) is 0 Å². The standard InChI is InChI=1S/C33H22BN3/c34-30-21-19-29(20-22-30)33-36-31(27-15-11-25(12-16-27)23-7-3-1-4-8-23)35-32(37-33)28-17-13-26(14-18-28)24-9-5-2-6-10-24/h1-22H. The highest BCUT2D eigenvalue weighted by Gasteiger charge is 2.13. The highest BCUT2D eigenvalue weighted by atomic mass is 15.0. The quantitative estimate of drug-likeness (QED) is 0.254. The third-order valence-corrected chi connectivity index (χ3v) is 6.30. The fourth-order valence-electron chi connectivity index (χ4n) is 4.28. The maximum atomic E-state index is 5.92. The summed E-state index contributed by atoms with van der Waals surface area (Å²) in [6.45, 7) is 0. The molecule has 0 amide bonds. The fraction of sp³-hybridized carbons (Fsp3) is 0. The monoisotopic (exact) mass is 471 g/mol. The molecule has 0 bridgehead atoms. The van der Waals surface area contributed by atoms with E-state index in [4.69, 9.17) is 22.8 Å². The summed E-state index contributed by atoms with van der Waals surface area (Å²) in [6.07, 6.45) is 0. The van der Waals surface area contributed by atoms with Crippen molar-refractivity contribution in [3.8, 4) is 56.4 Å². The van der Waals surface area contributed by atoms with Crippen molar-refractivity contribution < 1.29 is 0 Å². The molecule has 0 fully saturated rings. The Balaban J connectivity index is 1.42. The van der Waals surface area contributed by atoms with Crippen molar-refractivity contribution in [1.82, 2.24) is 15.0 Å². The molecule has 5 aromatic carbocycles. The molecule has 0 unspecified atom stereocenters. The summed E-state index contributed by atoms with van der Waals surface area (Å²) in [5, 5.41) is 0. The molecular formula is C33H22BN3. The fourth-order valence-corrected chi connectivity index (χ4v) is 4.28. The largest absolute Gasteiger partial charge is 0.208 e. The van der Waals surface area contributed by atoms with Crippen molar-refractivity contribution in [1.29, 1.82) is 0 Å². The Morgan fingerprint density at radius 1 is 0.297 bits per heavy atom. The number of aromatic nitrogens is 3. The Labute approximate surface area is 218 Å². The topological polar surface area (TPSA) is 38.7 Å². The first-order valence-corrected chi connectivity index (χ1v) is 12.2. The van der Waals surface area contributed by atoms with E-state index in [-0.39, 0.29) is 0 Å². The SMILES string of the molecule is [B]c1ccc(-c2nc(-c3ccc(-c4ccccc4)cc3)nc(-c3ccc(-c4ccccc4)cc3)n2)cc1. The molecule has 37 heavy (non-hydrogen) atoms. The van der Waals surface area contributed by atoms with Gasteiger partial charge in [0.25, 0.3) is 0 Å². The summed E-state index contributed by atoms with van der Waals surface area (Å²) in [5.74, 6) is 1.87. The van der Waals surface area contributed by atoms with Crippen molar-refractivity contribution in [2.75, 3.05) is 0 Å². The molecule has 0 aliphatic rings. The van der Waals surface area contributed by atoms with Crippen LogP contribution >= 0.6 is 0 Å². The molecule has 2 radical (unpaired) electrons. The first kappa shape index (κ1) is 22.6. The average molecular weight is 471 g/mol. The Morgan fingerprint density at radius 2 is 0.568 bits per heavy atom. The number of nitrogens with zero attached hydrogens (tertiary/aromatic N) is 3. The van der Waals surface area contributed by atoms with Gasteiger partial charge in [-0.15, -0.1) is 0 Å². The zero-order valence-electron chi connectivity index (χ0n) is 20.1. The van der Waals surface area contributed by atoms with E-state index in [0.29, 0.717) is 22.9 Å². The Hall–Kier alpha value is -4.83. The third-order valence-electron chi connectivity index (χ3n) is 6.30. The molecule has 6 rings (SSSR count). The van der Waals surface area contributed by atoms with E-state index >= 15 is 0 Å². The second kappa shape index (κ2) is 10.0. The normalized spacial score (nSPS) is 10.8. The van der Waals surface area contributed by atoms with Gasteiger partial charge in [0.2, 0.25) is 0 Å². The van der Waals surface area contributed by atoms with Crippen molar-refractivity contribution >= 4 is 13.3 Å². The molecule has 0 saturated carbocycles. The highest BCUT2D eigenvalue weighted by Crippen LogP contribution is 2.28. The molecule has 0 N–H and O–H groups in total. The van der Waals surface area contributed by atoms with Gasteiger partial charge >= 0.3 is 0 Å². The molecule has 0 saturated heterocycles. The van der Waals surface area contributed by atoms with Gasteiger partial charge in [-0.3, -0.25) is 0 Å². The minimum absolute atomic E-state index is 0.610. The van der Waals surface area contributed by atoms with Gasteiger partial charge in [-0.2, -0.15) is 0 Å². The Bertz CT molecular complexity index is 1530. The molecule has 1 aromatic heterocycles. The van der Waals surface area contributed by atoms with Crippen molar-refractivity contribution in [3.05, 3.63) is 133 Å². The molecule has 3 nitrogen and oxygen atoms in total. The predicted octanol–water partition coefficient (Wildman–Crippen LogP) is 7.00. The van der Waals surface area contributed by atoms with E-state index in [1.165, 1.54) is 11.1 Å². The molecule has 0 aliphatic heterocycles. The summed E-state index contributed by atoms with van der Waals surface area (Å²) < 4.78 is 0. The first-order valence-electron chi connectivity index (χ1n) is 12.2. The van der Waals surface area contributed by atoms with Crippen LogP contribution in [0.25, 0.3) is 56.4 Å². The van der Waals surface area contributed by atoms with E-state index in [2.05, 4.69) is 72.8 Å². The molecule has 0 spiro atoms. The summed E-state index contributed by atoms with van der Waals surface area (Å²) in [7, 11) is 5.92. The summed E-state index contributed by atoms with van der Waals surface area (Å²) >= 11 is 0. The summed E-state index contributed by atoms with van der Waals surface area (Å²) in [4.78, 5) is 14.5. The molecule has 172 valence electrons. The zero-order valence-corrected chi connectivity index (χ0v) is 20.1. The van der Waals surface area contributed by atoms with Crippen molar-refractivity contribution in [3.63, 3.8) is 0 Å². The van der Waals surface area contributed by atoms with Gasteiger partial charge in [-0.1, -0.05) is 139 Å². The Morgan fingerprint density at radius 3 is 0.919 bits per heavy atom. The zero-order chi connectivity index (χ0) is 25.0. The van der Waals surface area contributed by atoms with Crippen LogP contribution < -0.4 is 5.46 Å². The minimum atomic E-state index is 0.610. The lowest BCUT2D eigenvalue weighted by Crippen LogP contribution is -2.03.